The average Bonchev–Trinajstić information content (AvgIpc) is 2.42. The summed E-state index contributed by atoms with van der Waals surface area (Å²) in [5.74, 6) is 0.0866. The number of carbonyl (C=O) groups is 1. The predicted octanol–water partition coefficient (Wildman–Crippen LogP) is 4.28. The first kappa shape index (κ1) is 16.0. The molecule has 0 aliphatic heterocycles. The Morgan fingerprint density at radius 3 is 2.58 bits per heavy atom. The monoisotopic (exact) mass is 369 g/mol. The van der Waals surface area contributed by atoms with Crippen molar-refractivity contribution in [2.24, 2.45) is 0 Å². The maximum absolute atomic E-state index is 12.5. The molecule has 0 unspecified atom stereocenters. The molecule has 0 fully saturated rings. The summed E-state index contributed by atoms with van der Waals surface area (Å²) in [7, 11) is 0. The normalized spacial score (nSPS) is 9.95. The van der Waals surface area contributed by atoms with Gasteiger partial charge in [-0.15, -0.1) is 13.2 Å². The molecule has 0 aliphatic carbocycles. The highest BCUT2D eigenvalue weighted by molar-refractivity contribution is 14.1. The molecule has 0 heterocycles. The smallest absolute Gasteiger partial charge is 0.255 e. The van der Waals surface area contributed by atoms with E-state index in [0.717, 1.165) is 34.9 Å². The van der Waals surface area contributed by atoms with Crippen LogP contribution in [0.2, 0.25) is 0 Å². The highest BCUT2D eigenvalue weighted by atomic mass is 127. The zero-order valence-corrected chi connectivity index (χ0v) is 13.3. The van der Waals surface area contributed by atoms with Crippen LogP contribution in [0.1, 0.15) is 29.6 Å². The molecule has 3 heteroatoms. The minimum absolute atomic E-state index is 0.0866. The molecule has 19 heavy (non-hydrogen) atoms. The van der Waals surface area contributed by atoms with E-state index >= 15 is 0 Å². The fourth-order valence-electron chi connectivity index (χ4n) is 1.83. The third kappa shape index (κ3) is 5.19. The molecule has 2 nitrogen and oxygen atoms in total. The molecule has 0 N–H and O–H groups in total. The third-order valence-corrected chi connectivity index (χ3v) is 3.77. The molecular formula is C16H20INO. The summed E-state index contributed by atoms with van der Waals surface area (Å²) in [5.41, 5.74) is 0.772. The summed E-state index contributed by atoms with van der Waals surface area (Å²) in [5, 5.41) is 0. The Hall–Kier alpha value is -1.10. The Kier molecular flexibility index (Phi) is 7.48. The van der Waals surface area contributed by atoms with Gasteiger partial charge in [0.25, 0.3) is 5.91 Å². The molecule has 0 spiro atoms. The van der Waals surface area contributed by atoms with E-state index in [4.69, 9.17) is 0 Å². The lowest BCUT2D eigenvalue weighted by atomic mass is 10.1. The van der Waals surface area contributed by atoms with Gasteiger partial charge in [-0.2, -0.15) is 0 Å². The SMILES string of the molecule is C=CCCCCN(CC=C)C(=O)c1ccccc1I. The van der Waals surface area contributed by atoms with Crippen molar-refractivity contribution in [3.63, 3.8) is 0 Å². The number of halogens is 1. The van der Waals surface area contributed by atoms with Crippen molar-refractivity contribution in [2.45, 2.75) is 19.3 Å². The lowest BCUT2D eigenvalue weighted by Crippen LogP contribution is -2.32. The Labute approximate surface area is 129 Å². The lowest BCUT2D eigenvalue weighted by Gasteiger charge is -2.21. The second-order valence-electron chi connectivity index (χ2n) is 4.30. The highest BCUT2D eigenvalue weighted by Gasteiger charge is 2.16. The van der Waals surface area contributed by atoms with E-state index < -0.39 is 0 Å². The first-order valence-corrected chi connectivity index (χ1v) is 7.54. The second-order valence-corrected chi connectivity index (χ2v) is 5.47. The van der Waals surface area contributed by atoms with Gasteiger partial charge in [0.1, 0.15) is 0 Å². The van der Waals surface area contributed by atoms with Crippen LogP contribution < -0.4 is 0 Å². The van der Waals surface area contributed by atoms with Crippen molar-refractivity contribution in [3.05, 3.63) is 58.7 Å². The Balaban J connectivity index is 2.69. The minimum atomic E-state index is 0.0866. The van der Waals surface area contributed by atoms with E-state index in [1.165, 1.54) is 0 Å². The van der Waals surface area contributed by atoms with Gasteiger partial charge in [0.05, 0.1) is 5.56 Å². The van der Waals surface area contributed by atoms with Crippen LogP contribution in [-0.2, 0) is 0 Å². The summed E-state index contributed by atoms with van der Waals surface area (Å²) < 4.78 is 0.991. The fraction of sp³-hybridized carbons (Fsp3) is 0.312. The molecule has 0 atom stereocenters. The van der Waals surface area contributed by atoms with Gasteiger partial charge in [0.2, 0.25) is 0 Å². The predicted molar refractivity (Wildman–Crippen MR) is 89.3 cm³/mol. The van der Waals surface area contributed by atoms with Crippen LogP contribution in [0, 0.1) is 3.57 Å². The van der Waals surface area contributed by atoms with E-state index in [9.17, 15) is 4.79 Å². The summed E-state index contributed by atoms with van der Waals surface area (Å²) in [4.78, 5) is 14.3. The molecule has 0 bridgehead atoms. The molecule has 1 aromatic rings. The minimum Gasteiger partial charge on any atom is -0.335 e. The van der Waals surface area contributed by atoms with Crippen LogP contribution >= 0.6 is 22.6 Å². The largest absolute Gasteiger partial charge is 0.335 e. The number of hydrogen-bond donors (Lipinski definition) is 0. The van der Waals surface area contributed by atoms with Crippen LogP contribution in [0.5, 0.6) is 0 Å². The van der Waals surface area contributed by atoms with Crippen molar-refractivity contribution in [1.82, 2.24) is 4.90 Å². The number of hydrogen-bond acceptors (Lipinski definition) is 1. The molecule has 1 aromatic carbocycles. The highest BCUT2D eigenvalue weighted by Crippen LogP contribution is 2.14. The molecular weight excluding hydrogens is 349 g/mol. The quantitative estimate of drug-likeness (QED) is 0.381. The summed E-state index contributed by atoms with van der Waals surface area (Å²) in [6.07, 6.45) is 6.76. The van der Waals surface area contributed by atoms with Crippen LogP contribution in [0.25, 0.3) is 0 Å². The van der Waals surface area contributed by atoms with Crippen LogP contribution in [0.3, 0.4) is 0 Å². The van der Waals surface area contributed by atoms with Crippen molar-refractivity contribution >= 4 is 28.5 Å². The van der Waals surface area contributed by atoms with Gasteiger partial charge in [-0.05, 0) is 54.0 Å². The number of carbonyl (C=O) groups excluding carboxylic acids is 1. The van der Waals surface area contributed by atoms with Gasteiger partial charge in [-0.3, -0.25) is 4.79 Å². The number of allylic oxidation sites excluding steroid dienone is 1. The van der Waals surface area contributed by atoms with E-state index in [-0.39, 0.29) is 5.91 Å². The van der Waals surface area contributed by atoms with Crippen molar-refractivity contribution < 1.29 is 4.79 Å². The van der Waals surface area contributed by atoms with Gasteiger partial charge in [0, 0.05) is 16.7 Å². The Morgan fingerprint density at radius 1 is 1.21 bits per heavy atom. The van der Waals surface area contributed by atoms with E-state index in [2.05, 4.69) is 35.7 Å². The number of nitrogens with zero attached hydrogens (tertiary/aromatic N) is 1. The first-order chi connectivity index (χ1) is 9.20. The van der Waals surface area contributed by atoms with Gasteiger partial charge >= 0.3 is 0 Å². The fourth-order valence-corrected chi connectivity index (χ4v) is 2.45. The molecule has 1 amide bonds. The molecule has 1 rings (SSSR count). The molecule has 102 valence electrons. The van der Waals surface area contributed by atoms with Crippen molar-refractivity contribution in [1.29, 1.82) is 0 Å². The van der Waals surface area contributed by atoms with Crippen LogP contribution in [0.15, 0.2) is 49.6 Å². The third-order valence-electron chi connectivity index (χ3n) is 2.83. The molecule has 0 saturated carbocycles. The average molecular weight is 369 g/mol. The maximum Gasteiger partial charge on any atom is 0.255 e. The van der Waals surface area contributed by atoms with Crippen LogP contribution in [-0.4, -0.2) is 23.9 Å². The van der Waals surface area contributed by atoms with E-state index in [0.29, 0.717) is 6.54 Å². The second kappa shape index (κ2) is 8.91. The molecule has 0 aliphatic rings. The zero-order valence-electron chi connectivity index (χ0n) is 11.1. The zero-order chi connectivity index (χ0) is 14.1. The number of unbranched alkanes of at least 4 members (excludes halogenated alkanes) is 2. The standard InChI is InChI=1S/C16H20INO/c1-3-5-6-9-13-18(12-4-2)16(19)14-10-7-8-11-15(14)17/h3-4,7-8,10-11H,1-2,5-6,9,12-13H2. The van der Waals surface area contributed by atoms with Crippen LogP contribution in [0.4, 0.5) is 0 Å². The Bertz CT molecular complexity index is 442. The summed E-state index contributed by atoms with van der Waals surface area (Å²) in [6.45, 7) is 8.80. The van der Waals surface area contributed by atoms with Gasteiger partial charge in [-0.1, -0.05) is 24.3 Å². The van der Waals surface area contributed by atoms with Crippen molar-refractivity contribution in [3.8, 4) is 0 Å². The molecule has 0 radical (unpaired) electrons. The van der Waals surface area contributed by atoms with E-state index in [1.54, 1.807) is 6.08 Å². The van der Waals surface area contributed by atoms with Gasteiger partial charge in [-0.25, -0.2) is 0 Å². The molecule has 0 saturated heterocycles. The topological polar surface area (TPSA) is 20.3 Å². The molecule has 0 aromatic heterocycles. The lowest BCUT2D eigenvalue weighted by molar-refractivity contribution is 0.0770. The summed E-state index contributed by atoms with van der Waals surface area (Å²) in [6, 6.07) is 7.68. The number of amides is 1. The maximum atomic E-state index is 12.5. The Morgan fingerprint density at radius 2 is 1.95 bits per heavy atom. The van der Waals surface area contributed by atoms with E-state index in [1.807, 2.05) is 35.2 Å². The number of benzene rings is 1. The number of rotatable bonds is 8. The first-order valence-electron chi connectivity index (χ1n) is 6.46. The summed E-state index contributed by atoms with van der Waals surface area (Å²) >= 11 is 2.20. The van der Waals surface area contributed by atoms with Gasteiger partial charge in [0.15, 0.2) is 0 Å². The van der Waals surface area contributed by atoms with Gasteiger partial charge < -0.3 is 4.90 Å². The van der Waals surface area contributed by atoms with Crippen molar-refractivity contribution in [2.75, 3.05) is 13.1 Å².